The summed E-state index contributed by atoms with van der Waals surface area (Å²) in [6.07, 6.45) is 1.08. The molecule has 0 aromatic rings. The van der Waals surface area contributed by atoms with Gasteiger partial charge in [-0.25, -0.2) is 9.59 Å². The van der Waals surface area contributed by atoms with Crippen LogP contribution in [0.25, 0.3) is 0 Å². The van der Waals surface area contributed by atoms with E-state index >= 15 is 0 Å². The minimum atomic E-state index is -1.43. The lowest BCUT2D eigenvalue weighted by Crippen LogP contribution is -2.51. The maximum atomic E-state index is 11.6. The predicted molar refractivity (Wildman–Crippen MR) is 68.4 cm³/mol. The van der Waals surface area contributed by atoms with Gasteiger partial charge < -0.3 is 20.8 Å². The number of hydrogen-bond acceptors (Lipinski definition) is 3. The molecule has 0 radical (unpaired) electrons. The summed E-state index contributed by atoms with van der Waals surface area (Å²) in [5, 5.41) is 23.0. The molecule has 4 N–H and O–H groups in total. The van der Waals surface area contributed by atoms with Crippen molar-refractivity contribution in [2.75, 3.05) is 6.54 Å². The van der Waals surface area contributed by atoms with Crippen molar-refractivity contribution in [3.8, 4) is 0 Å². The molecular weight excluding hydrogens is 236 g/mol. The maximum Gasteiger partial charge on any atom is 0.332 e. The van der Waals surface area contributed by atoms with Gasteiger partial charge in [0.2, 0.25) is 0 Å². The molecule has 18 heavy (non-hydrogen) atoms. The molecule has 2 amide bonds. The third-order valence-corrected chi connectivity index (χ3v) is 3.40. The largest absolute Gasteiger partial charge is 0.479 e. The lowest BCUT2D eigenvalue weighted by Gasteiger charge is -2.31. The Balaban J connectivity index is 4.07. The molecule has 0 bridgehead atoms. The Morgan fingerprint density at radius 1 is 1.17 bits per heavy atom. The highest BCUT2D eigenvalue weighted by Crippen LogP contribution is 2.18. The highest BCUT2D eigenvalue weighted by Gasteiger charge is 2.25. The van der Waals surface area contributed by atoms with Crippen LogP contribution < -0.4 is 10.6 Å². The van der Waals surface area contributed by atoms with Gasteiger partial charge in [0.05, 0.1) is 0 Å². The Kier molecular flexibility index (Phi) is 7.35. The Hall–Kier alpha value is -1.30. The van der Waals surface area contributed by atoms with Crippen LogP contribution in [0.15, 0.2) is 0 Å². The summed E-state index contributed by atoms with van der Waals surface area (Å²) in [4.78, 5) is 22.0. The summed E-state index contributed by atoms with van der Waals surface area (Å²) >= 11 is 0. The number of hydrogen-bond donors (Lipinski definition) is 4. The molecule has 0 rings (SSSR count). The summed E-state index contributed by atoms with van der Waals surface area (Å²) < 4.78 is 0. The number of rotatable bonds is 8. The first kappa shape index (κ1) is 16.7. The standard InChI is InChI=1S/C12H24N2O4/c1-4-12(5-2,6-3)14-11(18)13-8-7-9(15)10(16)17/h9,15H,4-8H2,1-3H3,(H,16,17)(H2,13,14,18)/t9-/m0/s1. The van der Waals surface area contributed by atoms with Crippen molar-refractivity contribution in [2.24, 2.45) is 0 Å². The lowest BCUT2D eigenvalue weighted by atomic mass is 9.90. The zero-order valence-electron chi connectivity index (χ0n) is 11.3. The fourth-order valence-corrected chi connectivity index (χ4v) is 1.75. The third-order valence-electron chi connectivity index (χ3n) is 3.40. The number of aliphatic carboxylic acids is 1. The van der Waals surface area contributed by atoms with Crippen molar-refractivity contribution in [1.82, 2.24) is 10.6 Å². The van der Waals surface area contributed by atoms with Crippen LogP contribution in [0, 0.1) is 0 Å². The van der Waals surface area contributed by atoms with Crippen molar-refractivity contribution >= 4 is 12.0 Å². The summed E-state index contributed by atoms with van der Waals surface area (Å²) in [5.74, 6) is -1.28. The number of aliphatic hydroxyl groups excluding tert-OH is 1. The van der Waals surface area contributed by atoms with E-state index in [9.17, 15) is 9.59 Å². The van der Waals surface area contributed by atoms with Crippen LogP contribution in [0.4, 0.5) is 4.79 Å². The summed E-state index contributed by atoms with van der Waals surface area (Å²) in [7, 11) is 0. The van der Waals surface area contributed by atoms with Crippen LogP contribution in [0.5, 0.6) is 0 Å². The number of urea groups is 1. The van der Waals surface area contributed by atoms with Gasteiger partial charge in [-0.3, -0.25) is 0 Å². The number of amides is 2. The van der Waals surface area contributed by atoms with Crippen molar-refractivity contribution in [3.05, 3.63) is 0 Å². The molecule has 0 spiro atoms. The zero-order valence-corrected chi connectivity index (χ0v) is 11.3. The van der Waals surface area contributed by atoms with Crippen molar-refractivity contribution in [3.63, 3.8) is 0 Å². The summed E-state index contributed by atoms with van der Waals surface area (Å²) in [6.45, 7) is 6.18. The maximum absolute atomic E-state index is 11.6. The van der Waals surface area contributed by atoms with E-state index in [0.717, 1.165) is 19.3 Å². The Morgan fingerprint density at radius 2 is 1.67 bits per heavy atom. The highest BCUT2D eigenvalue weighted by molar-refractivity contribution is 5.75. The molecule has 0 saturated carbocycles. The van der Waals surface area contributed by atoms with Crippen LogP contribution in [-0.4, -0.2) is 40.4 Å². The van der Waals surface area contributed by atoms with E-state index in [2.05, 4.69) is 10.6 Å². The Morgan fingerprint density at radius 3 is 2.06 bits per heavy atom. The molecule has 106 valence electrons. The second kappa shape index (κ2) is 7.92. The van der Waals surface area contributed by atoms with Crippen LogP contribution in [0.3, 0.4) is 0 Å². The number of carboxylic acids is 1. The zero-order chi connectivity index (χ0) is 14.2. The number of nitrogens with one attached hydrogen (secondary N) is 2. The molecule has 6 heteroatoms. The van der Waals surface area contributed by atoms with E-state index in [-0.39, 0.29) is 24.5 Å². The van der Waals surface area contributed by atoms with Crippen LogP contribution in [-0.2, 0) is 4.79 Å². The van der Waals surface area contributed by atoms with Crippen LogP contribution in [0.1, 0.15) is 46.5 Å². The van der Waals surface area contributed by atoms with Gasteiger partial charge in [-0.05, 0) is 19.3 Å². The summed E-state index contributed by atoms with van der Waals surface area (Å²) in [6, 6.07) is -0.321. The first-order valence-electron chi connectivity index (χ1n) is 6.37. The normalized spacial score (nSPS) is 12.9. The molecule has 0 aromatic heterocycles. The van der Waals surface area contributed by atoms with Gasteiger partial charge in [-0.1, -0.05) is 20.8 Å². The topological polar surface area (TPSA) is 98.7 Å². The van der Waals surface area contributed by atoms with E-state index < -0.39 is 12.1 Å². The molecular formula is C12H24N2O4. The number of carbonyl (C=O) groups excluding carboxylic acids is 1. The van der Waals surface area contributed by atoms with Gasteiger partial charge >= 0.3 is 12.0 Å². The average Bonchev–Trinajstić information content (AvgIpc) is 2.35. The minimum Gasteiger partial charge on any atom is -0.479 e. The Bertz CT molecular complexity index is 269. The molecule has 0 saturated heterocycles. The van der Waals surface area contributed by atoms with Gasteiger partial charge in [0.15, 0.2) is 6.10 Å². The molecule has 0 heterocycles. The summed E-state index contributed by atoms with van der Waals surface area (Å²) in [5.41, 5.74) is -0.213. The van der Waals surface area contributed by atoms with Crippen molar-refractivity contribution in [1.29, 1.82) is 0 Å². The highest BCUT2D eigenvalue weighted by atomic mass is 16.4. The monoisotopic (exact) mass is 260 g/mol. The number of carbonyl (C=O) groups is 2. The second-order valence-corrected chi connectivity index (χ2v) is 4.36. The smallest absolute Gasteiger partial charge is 0.332 e. The molecule has 0 unspecified atom stereocenters. The second-order valence-electron chi connectivity index (χ2n) is 4.36. The van der Waals surface area contributed by atoms with Gasteiger partial charge in [-0.15, -0.1) is 0 Å². The molecule has 0 aliphatic heterocycles. The third kappa shape index (κ3) is 5.35. The van der Waals surface area contributed by atoms with Crippen LogP contribution >= 0.6 is 0 Å². The van der Waals surface area contributed by atoms with Gasteiger partial charge in [-0.2, -0.15) is 0 Å². The minimum absolute atomic E-state index is 0.000127. The molecule has 1 atom stereocenters. The van der Waals surface area contributed by atoms with Gasteiger partial charge in [0.25, 0.3) is 0 Å². The van der Waals surface area contributed by atoms with Crippen molar-refractivity contribution < 1.29 is 19.8 Å². The first-order valence-corrected chi connectivity index (χ1v) is 6.37. The van der Waals surface area contributed by atoms with E-state index in [1.54, 1.807) is 0 Å². The molecule has 0 aromatic carbocycles. The van der Waals surface area contributed by atoms with Gasteiger partial charge in [0, 0.05) is 18.5 Å². The fraction of sp³-hybridized carbons (Fsp3) is 0.833. The van der Waals surface area contributed by atoms with Gasteiger partial charge in [0.1, 0.15) is 0 Å². The molecule has 0 fully saturated rings. The quantitative estimate of drug-likeness (QED) is 0.525. The van der Waals surface area contributed by atoms with Crippen LogP contribution in [0.2, 0.25) is 0 Å². The van der Waals surface area contributed by atoms with E-state index in [4.69, 9.17) is 10.2 Å². The molecule has 6 nitrogen and oxygen atoms in total. The lowest BCUT2D eigenvalue weighted by molar-refractivity contribution is -0.146. The van der Waals surface area contributed by atoms with E-state index in [0.29, 0.717) is 0 Å². The van der Waals surface area contributed by atoms with E-state index in [1.165, 1.54) is 0 Å². The Labute approximate surface area is 108 Å². The molecule has 0 aliphatic carbocycles. The predicted octanol–water partition coefficient (Wildman–Crippen LogP) is 1.09. The molecule has 0 aliphatic rings. The number of aliphatic hydroxyl groups is 1. The average molecular weight is 260 g/mol. The van der Waals surface area contributed by atoms with Crippen molar-refractivity contribution in [2.45, 2.75) is 58.1 Å². The number of carboxylic acid groups (broad SMARTS) is 1. The first-order chi connectivity index (χ1) is 8.40. The van der Waals surface area contributed by atoms with E-state index in [1.807, 2.05) is 20.8 Å². The SMILES string of the molecule is CCC(CC)(CC)NC(=O)NCC[C@H](O)C(=O)O. The fourth-order valence-electron chi connectivity index (χ4n) is 1.75.